The second-order valence-electron chi connectivity index (χ2n) is 8.67. The molecular weight excluding hydrogens is 340 g/mol. The Kier molecular flexibility index (Phi) is 3.97. The van der Waals surface area contributed by atoms with Crippen LogP contribution < -0.4 is 11.5 Å². The van der Waals surface area contributed by atoms with E-state index >= 15 is 0 Å². The molecule has 28 heavy (non-hydrogen) atoms. The molecule has 3 aromatic rings. The van der Waals surface area contributed by atoms with Crippen LogP contribution in [-0.2, 0) is 18.3 Å². The van der Waals surface area contributed by atoms with E-state index in [0.29, 0.717) is 5.92 Å². The van der Waals surface area contributed by atoms with Crippen LogP contribution in [0.15, 0.2) is 60.7 Å². The van der Waals surface area contributed by atoms with Gasteiger partial charge in [0.05, 0.1) is 0 Å². The van der Waals surface area contributed by atoms with Crippen molar-refractivity contribution in [2.75, 3.05) is 11.5 Å². The van der Waals surface area contributed by atoms with Gasteiger partial charge in [-0.05, 0) is 95.7 Å². The lowest BCUT2D eigenvalue weighted by Gasteiger charge is -2.33. The van der Waals surface area contributed by atoms with Crippen LogP contribution in [-0.4, -0.2) is 0 Å². The minimum Gasteiger partial charge on any atom is -0.399 e. The van der Waals surface area contributed by atoms with E-state index in [9.17, 15) is 0 Å². The van der Waals surface area contributed by atoms with Crippen molar-refractivity contribution in [1.82, 2.24) is 0 Å². The lowest BCUT2D eigenvalue weighted by atomic mass is 9.69. The van der Waals surface area contributed by atoms with Gasteiger partial charge in [-0.1, -0.05) is 43.3 Å². The van der Waals surface area contributed by atoms with Crippen molar-refractivity contribution in [3.8, 4) is 0 Å². The van der Waals surface area contributed by atoms with E-state index in [1.54, 1.807) is 11.1 Å². The van der Waals surface area contributed by atoms with Crippen LogP contribution >= 0.6 is 0 Å². The molecule has 0 amide bonds. The van der Waals surface area contributed by atoms with E-state index in [0.717, 1.165) is 17.8 Å². The van der Waals surface area contributed by atoms with Crippen LogP contribution in [0.25, 0.3) is 0 Å². The zero-order valence-electron chi connectivity index (χ0n) is 16.5. The highest BCUT2D eigenvalue weighted by atomic mass is 14.6. The maximum atomic E-state index is 6.02. The summed E-state index contributed by atoms with van der Waals surface area (Å²) in [4.78, 5) is 0. The molecule has 2 heteroatoms. The van der Waals surface area contributed by atoms with Crippen molar-refractivity contribution in [3.05, 3.63) is 94.0 Å². The molecule has 3 aromatic carbocycles. The van der Waals surface area contributed by atoms with Gasteiger partial charge in [0.25, 0.3) is 0 Å². The number of aryl methyl sites for hydroxylation is 2. The molecule has 0 saturated heterocycles. The van der Waals surface area contributed by atoms with Gasteiger partial charge in [-0.3, -0.25) is 0 Å². The first-order chi connectivity index (χ1) is 13.6. The molecule has 0 bridgehead atoms. The highest BCUT2D eigenvalue weighted by Crippen LogP contribution is 2.54. The first-order valence-electron chi connectivity index (χ1n) is 10.5. The summed E-state index contributed by atoms with van der Waals surface area (Å²) < 4.78 is 0. The molecule has 0 radical (unpaired) electrons. The second-order valence-corrected chi connectivity index (χ2v) is 8.67. The van der Waals surface area contributed by atoms with Crippen molar-refractivity contribution in [2.24, 2.45) is 0 Å². The van der Waals surface area contributed by atoms with Gasteiger partial charge in [0.2, 0.25) is 0 Å². The van der Waals surface area contributed by atoms with Gasteiger partial charge in [0, 0.05) is 16.8 Å². The zero-order valence-corrected chi connectivity index (χ0v) is 16.5. The largest absolute Gasteiger partial charge is 0.399 e. The number of benzene rings is 3. The Morgan fingerprint density at radius 1 is 0.750 bits per heavy atom. The number of nitrogen functional groups attached to an aromatic ring is 2. The third-order valence-electron chi connectivity index (χ3n) is 6.92. The van der Waals surface area contributed by atoms with Gasteiger partial charge in [-0.2, -0.15) is 0 Å². The molecule has 2 aliphatic carbocycles. The van der Waals surface area contributed by atoms with Crippen LogP contribution in [0.3, 0.4) is 0 Å². The minimum atomic E-state index is -0.136. The molecule has 0 aliphatic heterocycles. The predicted octanol–water partition coefficient (Wildman–Crippen LogP) is 5.57. The third kappa shape index (κ3) is 2.55. The molecule has 1 unspecified atom stereocenters. The van der Waals surface area contributed by atoms with E-state index in [4.69, 9.17) is 11.5 Å². The number of hydrogen-bond donors (Lipinski definition) is 2. The summed E-state index contributed by atoms with van der Waals surface area (Å²) in [5.41, 5.74) is 22.3. The predicted molar refractivity (Wildman–Crippen MR) is 118 cm³/mol. The zero-order chi connectivity index (χ0) is 19.3. The fraction of sp³-hybridized carbons (Fsp3) is 0.308. The summed E-state index contributed by atoms with van der Waals surface area (Å²) in [5.74, 6) is 0.525. The van der Waals surface area contributed by atoms with Gasteiger partial charge in [0.1, 0.15) is 0 Å². The Bertz CT molecular complexity index is 970. The fourth-order valence-electron chi connectivity index (χ4n) is 5.51. The van der Waals surface area contributed by atoms with Crippen molar-refractivity contribution in [3.63, 3.8) is 0 Å². The number of hydrogen-bond acceptors (Lipinski definition) is 2. The van der Waals surface area contributed by atoms with Gasteiger partial charge in [-0.15, -0.1) is 0 Å². The Labute approximate surface area is 167 Å². The van der Waals surface area contributed by atoms with Crippen molar-refractivity contribution in [2.45, 2.75) is 50.4 Å². The topological polar surface area (TPSA) is 52.0 Å². The molecule has 142 valence electrons. The number of rotatable bonds is 2. The van der Waals surface area contributed by atoms with Gasteiger partial charge in [-0.25, -0.2) is 0 Å². The van der Waals surface area contributed by atoms with Crippen LogP contribution in [0.2, 0.25) is 0 Å². The lowest BCUT2D eigenvalue weighted by molar-refractivity contribution is 0.562. The average Bonchev–Trinajstić information content (AvgIpc) is 3.00. The molecule has 0 spiro atoms. The number of fused-ring (bicyclic) bond motifs is 2. The maximum absolute atomic E-state index is 6.02. The van der Waals surface area contributed by atoms with E-state index in [2.05, 4.69) is 43.3 Å². The molecule has 2 nitrogen and oxygen atoms in total. The molecule has 0 heterocycles. The summed E-state index contributed by atoms with van der Waals surface area (Å²) in [6.45, 7) is 2.38. The number of nitrogens with two attached hydrogens (primary N) is 2. The average molecular weight is 369 g/mol. The van der Waals surface area contributed by atoms with Crippen molar-refractivity contribution < 1.29 is 0 Å². The first-order valence-corrected chi connectivity index (χ1v) is 10.5. The monoisotopic (exact) mass is 368 g/mol. The third-order valence-corrected chi connectivity index (χ3v) is 6.92. The molecule has 0 aromatic heterocycles. The maximum Gasteiger partial charge on any atom is 0.0460 e. The summed E-state index contributed by atoms with van der Waals surface area (Å²) in [7, 11) is 0. The minimum absolute atomic E-state index is 0.136. The van der Waals surface area contributed by atoms with Crippen LogP contribution in [0.1, 0.15) is 65.5 Å². The van der Waals surface area contributed by atoms with E-state index in [-0.39, 0.29) is 5.41 Å². The van der Waals surface area contributed by atoms with Crippen LogP contribution in [0.5, 0.6) is 0 Å². The Balaban J connectivity index is 1.79. The summed E-state index contributed by atoms with van der Waals surface area (Å²) in [6.07, 6.45) is 6.14. The second kappa shape index (κ2) is 6.41. The first kappa shape index (κ1) is 17.4. The smallest absolute Gasteiger partial charge is 0.0460 e. The van der Waals surface area contributed by atoms with Gasteiger partial charge < -0.3 is 11.5 Å². The lowest BCUT2D eigenvalue weighted by Crippen LogP contribution is -2.27. The number of anilines is 2. The summed E-state index contributed by atoms with van der Waals surface area (Å²) >= 11 is 0. The quantitative estimate of drug-likeness (QED) is 0.581. The summed E-state index contributed by atoms with van der Waals surface area (Å²) in [5, 5.41) is 0. The highest BCUT2D eigenvalue weighted by molar-refractivity contribution is 5.62. The van der Waals surface area contributed by atoms with Gasteiger partial charge >= 0.3 is 0 Å². The highest BCUT2D eigenvalue weighted by Gasteiger charge is 2.45. The Hall–Kier alpha value is -2.74. The van der Waals surface area contributed by atoms with Gasteiger partial charge in [0.15, 0.2) is 0 Å². The van der Waals surface area contributed by atoms with E-state index in [1.807, 2.05) is 24.3 Å². The SMILES string of the molecule is CC1CC(c2ccc(N)cc2)(c2ccc(N)cc2)c2cc3c(cc21)CCCC3. The van der Waals surface area contributed by atoms with E-state index in [1.165, 1.54) is 47.9 Å². The molecule has 0 fully saturated rings. The van der Waals surface area contributed by atoms with Crippen molar-refractivity contribution in [1.29, 1.82) is 0 Å². The van der Waals surface area contributed by atoms with Crippen LogP contribution in [0, 0.1) is 0 Å². The van der Waals surface area contributed by atoms with E-state index < -0.39 is 0 Å². The molecule has 4 N–H and O–H groups in total. The molecule has 5 rings (SSSR count). The van der Waals surface area contributed by atoms with Crippen molar-refractivity contribution >= 4 is 11.4 Å². The molecule has 2 aliphatic rings. The molecule has 1 atom stereocenters. The van der Waals surface area contributed by atoms with Crippen LogP contribution in [0.4, 0.5) is 11.4 Å². The standard InChI is InChI=1S/C26H28N2/c1-17-16-26(20-6-10-22(27)11-7-20,21-8-12-23(28)13-9-21)25-15-19-5-3-2-4-18(19)14-24(17)25/h6-15,17H,2-5,16,27-28H2,1H3. The Morgan fingerprint density at radius 2 is 1.25 bits per heavy atom. The summed E-state index contributed by atoms with van der Waals surface area (Å²) in [6, 6.07) is 22.1. The fourth-order valence-corrected chi connectivity index (χ4v) is 5.51. The molecular formula is C26H28N2. The normalized spacial score (nSPS) is 19.8. The molecule has 0 saturated carbocycles. The Morgan fingerprint density at radius 3 is 1.79 bits per heavy atom.